The molecule has 0 bridgehead atoms. The molecule has 0 saturated heterocycles. The Morgan fingerprint density at radius 2 is 1.76 bits per heavy atom. The molecule has 0 heterocycles. The lowest BCUT2D eigenvalue weighted by Crippen LogP contribution is -2.47. The Morgan fingerprint density at radius 1 is 1.07 bits per heavy atom. The van der Waals surface area contributed by atoms with E-state index >= 15 is 0 Å². The molecule has 2 unspecified atom stereocenters. The molecular weight excluding hydrogens is 396 g/mol. The third-order valence-electron chi connectivity index (χ3n) is 4.46. The lowest BCUT2D eigenvalue weighted by Gasteiger charge is -2.23. The van der Waals surface area contributed by atoms with Gasteiger partial charge in [-0.05, 0) is 38.5 Å². The van der Waals surface area contributed by atoms with Crippen molar-refractivity contribution in [3.05, 3.63) is 65.7 Å². The first-order valence-corrected chi connectivity index (χ1v) is 11.2. The SMILES string of the molecule is CCN=C(NC(CC)CS(=O)(=O)c1ccccc1)NC(C)c1ccc(F)cc1F. The highest BCUT2D eigenvalue weighted by atomic mass is 32.2. The van der Waals surface area contributed by atoms with Gasteiger partial charge in [-0.25, -0.2) is 17.2 Å². The van der Waals surface area contributed by atoms with Crippen LogP contribution in [0.5, 0.6) is 0 Å². The number of guanidine groups is 1. The first-order chi connectivity index (χ1) is 13.8. The summed E-state index contributed by atoms with van der Waals surface area (Å²) in [5, 5.41) is 6.19. The summed E-state index contributed by atoms with van der Waals surface area (Å²) in [5.74, 6) is -1.02. The zero-order chi connectivity index (χ0) is 21.4. The summed E-state index contributed by atoms with van der Waals surface area (Å²) in [6.45, 7) is 5.90. The van der Waals surface area contributed by atoms with E-state index in [0.717, 1.165) is 6.07 Å². The molecule has 2 aromatic rings. The largest absolute Gasteiger partial charge is 0.353 e. The highest BCUT2D eigenvalue weighted by molar-refractivity contribution is 7.91. The van der Waals surface area contributed by atoms with Crippen molar-refractivity contribution in [2.24, 2.45) is 4.99 Å². The minimum absolute atomic E-state index is 0.1000. The number of sulfone groups is 1. The van der Waals surface area contributed by atoms with Crippen molar-refractivity contribution >= 4 is 15.8 Å². The number of hydrogen-bond donors (Lipinski definition) is 2. The van der Waals surface area contributed by atoms with Crippen LogP contribution in [0.4, 0.5) is 8.78 Å². The molecule has 0 saturated carbocycles. The van der Waals surface area contributed by atoms with Gasteiger partial charge in [-0.15, -0.1) is 0 Å². The average molecular weight is 424 g/mol. The van der Waals surface area contributed by atoms with Crippen molar-refractivity contribution in [1.29, 1.82) is 0 Å². The predicted molar refractivity (Wildman–Crippen MR) is 112 cm³/mol. The molecule has 158 valence electrons. The molecule has 0 amide bonds. The van der Waals surface area contributed by atoms with Crippen LogP contribution in [0.2, 0.25) is 0 Å². The Bertz CT molecular complexity index is 934. The summed E-state index contributed by atoms with van der Waals surface area (Å²) in [6, 6.07) is 10.8. The van der Waals surface area contributed by atoms with Crippen LogP contribution in [0.25, 0.3) is 0 Å². The van der Waals surface area contributed by atoms with E-state index in [-0.39, 0.29) is 16.7 Å². The fourth-order valence-corrected chi connectivity index (χ4v) is 4.48. The Balaban J connectivity index is 2.12. The molecule has 2 atom stereocenters. The smallest absolute Gasteiger partial charge is 0.191 e. The maximum absolute atomic E-state index is 14.1. The van der Waals surface area contributed by atoms with Crippen LogP contribution >= 0.6 is 0 Å². The molecule has 0 radical (unpaired) electrons. The minimum Gasteiger partial charge on any atom is -0.353 e. The van der Waals surface area contributed by atoms with Gasteiger partial charge < -0.3 is 10.6 Å². The second kappa shape index (κ2) is 10.3. The number of nitrogens with one attached hydrogen (secondary N) is 2. The third-order valence-corrected chi connectivity index (χ3v) is 6.29. The number of rotatable bonds is 8. The van der Waals surface area contributed by atoms with E-state index in [2.05, 4.69) is 15.6 Å². The molecular formula is C21H27F2N3O2S. The first-order valence-electron chi connectivity index (χ1n) is 9.57. The molecule has 2 aromatic carbocycles. The second-order valence-corrected chi connectivity index (χ2v) is 8.73. The zero-order valence-electron chi connectivity index (χ0n) is 16.8. The molecule has 0 fully saturated rings. The van der Waals surface area contributed by atoms with E-state index in [1.165, 1.54) is 12.1 Å². The van der Waals surface area contributed by atoms with Gasteiger partial charge in [-0.3, -0.25) is 4.99 Å². The Labute approximate surface area is 171 Å². The number of nitrogens with zero attached hydrogens (tertiary/aromatic N) is 1. The maximum atomic E-state index is 14.1. The van der Waals surface area contributed by atoms with Gasteiger partial charge in [0.1, 0.15) is 11.6 Å². The van der Waals surface area contributed by atoms with E-state index in [1.807, 2.05) is 13.8 Å². The fourth-order valence-electron chi connectivity index (χ4n) is 2.87. The first kappa shape index (κ1) is 22.8. The molecule has 2 N–H and O–H groups in total. The van der Waals surface area contributed by atoms with Gasteiger partial charge in [0.05, 0.1) is 16.7 Å². The van der Waals surface area contributed by atoms with Crippen LogP contribution in [0.3, 0.4) is 0 Å². The Kier molecular flexibility index (Phi) is 8.13. The van der Waals surface area contributed by atoms with Crippen LogP contribution in [0.15, 0.2) is 58.4 Å². The summed E-state index contributed by atoms with van der Waals surface area (Å²) < 4.78 is 52.6. The number of hydrogen-bond acceptors (Lipinski definition) is 3. The molecule has 0 aromatic heterocycles. The van der Waals surface area contributed by atoms with Crippen LogP contribution in [0, 0.1) is 11.6 Å². The summed E-state index contributed by atoms with van der Waals surface area (Å²) in [5.41, 5.74) is 0.293. The molecule has 29 heavy (non-hydrogen) atoms. The fraction of sp³-hybridized carbons (Fsp3) is 0.381. The maximum Gasteiger partial charge on any atom is 0.191 e. The van der Waals surface area contributed by atoms with E-state index < -0.39 is 27.5 Å². The highest BCUT2D eigenvalue weighted by Crippen LogP contribution is 2.18. The minimum atomic E-state index is -3.47. The number of benzene rings is 2. The Hall–Kier alpha value is -2.48. The topological polar surface area (TPSA) is 70.6 Å². The van der Waals surface area contributed by atoms with E-state index in [0.29, 0.717) is 24.5 Å². The van der Waals surface area contributed by atoms with Crippen LogP contribution < -0.4 is 10.6 Å². The lowest BCUT2D eigenvalue weighted by atomic mass is 10.1. The van der Waals surface area contributed by atoms with E-state index in [1.54, 1.807) is 37.3 Å². The summed E-state index contributed by atoms with van der Waals surface area (Å²) in [6.07, 6.45) is 0.551. The zero-order valence-corrected chi connectivity index (χ0v) is 17.6. The van der Waals surface area contributed by atoms with Gasteiger partial charge in [0.25, 0.3) is 0 Å². The van der Waals surface area contributed by atoms with Crippen molar-refractivity contribution in [1.82, 2.24) is 10.6 Å². The summed E-state index contributed by atoms with van der Waals surface area (Å²) in [7, 11) is -3.47. The standard InChI is InChI=1S/C21H27F2N3O2S/c1-4-17(14-29(27,28)18-9-7-6-8-10-18)26-21(24-5-2)25-15(3)19-12-11-16(22)13-20(19)23/h6-13,15,17H,4-5,14H2,1-3H3,(H2,24,25,26). The van der Waals surface area contributed by atoms with Gasteiger partial charge in [-0.2, -0.15) is 0 Å². The highest BCUT2D eigenvalue weighted by Gasteiger charge is 2.22. The van der Waals surface area contributed by atoms with Crippen molar-refractivity contribution < 1.29 is 17.2 Å². The monoisotopic (exact) mass is 423 g/mol. The van der Waals surface area contributed by atoms with Crippen molar-refractivity contribution in [2.45, 2.75) is 44.2 Å². The molecule has 0 aliphatic carbocycles. The van der Waals surface area contributed by atoms with Gasteiger partial charge in [0, 0.05) is 24.2 Å². The second-order valence-electron chi connectivity index (χ2n) is 6.70. The van der Waals surface area contributed by atoms with Gasteiger partial charge in [0.15, 0.2) is 15.8 Å². The average Bonchev–Trinajstić information content (AvgIpc) is 2.68. The summed E-state index contributed by atoms with van der Waals surface area (Å²) >= 11 is 0. The van der Waals surface area contributed by atoms with E-state index in [4.69, 9.17) is 0 Å². The predicted octanol–water partition coefficient (Wildman–Crippen LogP) is 3.83. The van der Waals surface area contributed by atoms with Crippen molar-refractivity contribution in [3.8, 4) is 0 Å². The Morgan fingerprint density at radius 3 is 2.34 bits per heavy atom. The summed E-state index contributed by atoms with van der Waals surface area (Å²) in [4.78, 5) is 4.60. The van der Waals surface area contributed by atoms with Crippen LogP contribution in [-0.2, 0) is 9.84 Å². The molecule has 0 aliphatic rings. The van der Waals surface area contributed by atoms with Crippen LogP contribution in [0.1, 0.15) is 38.8 Å². The quantitative estimate of drug-likeness (QED) is 0.500. The van der Waals surface area contributed by atoms with Gasteiger partial charge >= 0.3 is 0 Å². The third kappa shape index (κ3) is 6.52. The van der Waals surface area contributed by atoms with Crippen molar-refractivity contribution in [3.63, 3.8) is 0 Å². The van der Waals surface area contributed by atoms with Gasteiger partial charge in [-0.1, -0.05) is 31.2 Å². The lowest BCUT2D eigenvalue weighted by molar-refractivity contribution is 0.543. The normalized spacial score (nSPS) is 14.3. The number of aliphatic imine (C=N–C) groups is 1. The number of halogens is 2. The van der Waals surface area contributed by atoms with Crippen molar-refractivity contribution in [2.75, 3.05) is 12.3 Å². The molecule has 0 spiro atoms. The molecule has 2 rings (SSSR count). The molecule has 8 heteroatoms. The molecule has 0 aliphatic heterocycles. The molecule has 5 nitrogen and oxygen atoms in total. The van der Waals surface area contributed by atoms with Gasteiger partial charge in [0.2, 0.25) is 0 Å². The van der Waals surface area contributed by atoms with E-state index in [9.17, 15) is 17.2 Å². The van der Waals surface area contributed by atoms with Crippen LogP contribution in [-0.4, -0.2) is 32.7 Å².